The fraction of sp³-hybridized carbons (Fsp3) is 0.464. The zero-order chi connectivity index (χ0) is 25.5. The molecule has 2 aromatic heterocycles. The Labute approximate surface area is 231 Å². The number of pyridine rings is 1. The highest BCUT2D eigenvalue weighted by molar-refractivity contribution is 9.10. The summed E-state index contributed by atoms with van der Waals surface area (Å²) < 4.78 is 3.12. The second-order valence-corrected chi connectivity index (χ2v) is 12.0. The van der Waals surface area contributed by atoms with Crippen molar-refractivity contribution in [2.75, 3.05) is 39.8 Å². The second-order valence-electron chi connectivity index (χ2n) is 10.6. The van der Waals surface area contributed by atoms with Gasteiger partial charge in [0, 0.05) is 67.4 Å². The van der Waals surface area contributed by atoms with Crippen LogP contribution in [0.1, 0.15) is 34.8 Å². The summed E-state index contributed by atoms with van der Waals surface area (Å²) in [6, 6.07) is 8.30. The zero-order valence-electron chi connectivity index (χ0n) is 21.1. The van der Waals surface area contributed by atoms with Crippen LogP contribution in [0.25, 0.3) is 0 Å². The van der Waals surface area contributed by atoms with Gasteiger partial charge in [0.25, 0.3) is 0 Å². The van der Waals surface area contributed by atoms with Crippen LogP contribution in [-0.2, 0) is 24.2 Å². The highest BCUT2D eigenvalue weighted by Gasteiger charge is 2.40. The highest BCUT2D eigenvalue weighted by Crippen LogP contribution is 2.38. The molecule has 3 aromatic rings. The number of rotatable bonds is 4. The molecule has 1 unspecified atom stereocenters. The van der Waals surface area contributed by atoms with Crippen LogP contribution in [0, 0.1) is 5.92 Å². The maximum absolute atomic E-state index is 13.8. The monoisotopic (exact) mass is 582 g/mol. The number of aryl methyl sites for hydroxylation is 2. The Morgan fingerprint density at radius 1 is 1.14 bits per heavy atom. The number of imidazole rings is 1. The summed E-state index contributed by atoms with van der Waals surface area (Å²) in [5.74, 6) is 0.713. The summed E-state index contributed by atoms with van der Waals surface area (Å²) in [6.45, 7) is 4.95. The summed E-state index contributed by atoms with van der Waals surface area (Å²) in [6.07, 6.45) is 10.5. The number of hydrogen-bond donors (Lipinski definition) is 0. The Kier molecular flexibility index (Phi) is 7.09. The average molecular weight is 584 g/mol. The zero-order valence-corrected chi connectivity index (χ0v) is 23.4. The van der Waals surface area contributed by atoms with Gasteiger partial charge in [-0.2, -0.15) is 0 Å². The van der Waals surface area contributed by atoms with Gasteiger partial charge in [-0.15, -0.1) is 0 Å². The first-order valence-corrected chi connectivity index (χ1v) is 14.2. The first kappa shape index (κ1) is 25.0. The fourth-order valence-corrected chi connectivity index (χ4v) is 6.84. The third-order valence-corrected chi connectivity index (χ3v) is 8.91. The molecule has 9 heteroatoms. The molecule has 0 bridgehead atoms. The predicted octanol–water partition coefficient (Wildman–Crippen LogP) is 4.05. The Balaban J connectivity index is 1.25. The molecule has 7 nitrogen and oxygen atoms in total. The van der Waals surface area contributed by atoms with Crippen LogP contribution in [0.5, 0.6) is 0 Å². The van der Waals surface area contributed by atoms with E-state index in [1.54, 1.807) is 0 Å². The van der Waals surface area contributed by atoms with Gasteiger partial charge in [0.1, 0.15) is 6.04 Å². The van der Waals surface area contributed by atoms with Crippen molar-refractivity contribution in [3.05, 3.63) is 81.1 Å². The number of fused-ring (bicyclic) bond motifs is 2. The number of amides is 1. The molecular weight excluding hydrogens is 552 g/mol. The SMILES string of the molecule is CN1CCN(C2c3ccc(Cl)cc3CCc3cc(Br)cnc32)C[C@@H]1C(=O)N1CC[C@@H](Cn2ccnc2)C1. The number of carbonyl (C=O) groups excluding carboxylic acids is 1. The summed E-state index contributed by atoms with van der Waals surface area (Å²) in [7, 11) is 2.09. The normalized spacial score (nSPS) is 24.5. The lowest BCUT2D eigenvalue weighted by Crippen LogP contribution is -2.58. The Bertz CT molecular complexity index is 1230. The second kappa shape index (κ2) is 10.5. The number of benzene rings is 1. The van der Waals surface area contributed by atoms with Crippen molar-refractivity contribution in [2.45, 2.75) is 37.9 Å². The van der Waals surface area contributed by atoms with Crippen molar-refractivity contribution >= 4 is 33.4 Å². The van der Waals surface area contributed by atoms with Crippen LogP contribution in [0.4, 0.5) is 0 Å². The third-order valence-electron chi connectivity index (χ3n) is 8.25. The van der Waals surface area contributed by atoms with E-state index < -0.39 is 0 Å². The number of carbonyl (C=O) groups is 1. The fourth-order valence-electron chi connectivity index (χ4n) is 6.26. The molecule has 3 aliphatic rings. The van der Waals surface area contributed by atoms with Crippen LogP contribution in [0.15, 0.2) is 53.7 Å². The van der Waals surface area contributed by atoms with E-state index in [1.807, 2.05) is 31.0 Å². The molecule has 2 saturated heterocycles. The average Bonchev–Trinajstić information content (AvgIpc) is 3.55. The van der Waals surface area contributed by atoms with Gasteiger partial charge in [0.15, 0.2) is 0 Å². The molecule has 194 valence electrons. The van der Waals surface area contributed by atoms with Gasteiger partial charge in [0.2, 0.25) is 5.91 Å². The van der Waals surface area contributed by atoms with Crippen molar-refractivity contribution in [2.24, 2.45) is 5.92 Å². The van der Waals surface area contributed by atoms with Gasteiger partial charge in [-0.05, 0) is 83.0 Å². The molecular formula is C28H32BrClN6O. The lowest BCUT2D eigenvalue weighted by Gasteiger charge is -2.43. The van der Waals surface area contributed by atoms with E-state index in [0.717, 1.165) is 67.2 Å². The van der Waals surface area contributed by atoms with Crippen molar-refractivity contribution < 1.29 is 4.79 Å². The molecule has 0 spiro atoms. The number of piperazine rings is 1. The van der Waals surface area contributed by atoms with Crippen LogP contribution >= 0.6 is 27.5 Å². The number of likely N-dealkylation sites (tertiary alicyclic amines) is 1. The van der Waals surface area contributed by atoms with Crippen LogP contribution in [0.3, 0.4) is 0 Å². The topological polar surface area (TPSA) is 57.5 Å². The number of halogens is 2. The first-order chi connectivity index (χ1) is 18.0. The summed E-state index contributed by atoms with van der Waals surface area (Å²) in [4.78, 5) is 29.7. The van der Waals surface area contributed by atoms with Gasteiger partial charge in [-0.25, -0.2) is 4.98 Å². The molecule has 1 aromatic carbocycles. The minimum atomic E-state index is -0.168. The summed E-state index contributed by atoms with van der Waals surface area (Å²) in [5, 5.41) is 0.767. The molecule has 1 amide bonds. The lowest BCUT2D eigenvalue weighted by atomic mass is 9.95. The lowest BCUT2D eigenvalue weighted by molar-refractivity contribution is -0.138. The Morgan fingerprint density at radius 3 is 2.84 bits per heavy atom. The Hall–Kier alpha value is -2.26. The summed E-state index contributed by atoms with van der Waals surface area (Å²) >= 11 is 10.0. The van der Waals surface area contributed by atoms with Crippen molar-refractivity contribution in [1.29, 1.82) is 0 Å². The van der Waals surface area contributed by atoms with E-state index >= 15 is 0 Å². The molecule has 0 radical (unpaired) electrons. The molecule has 2 aliphatic heterocycles. The maximum Gasteiger partial charge on any atom is 0.241 e. The minimum absolute atomic E-state index is 0.00874. The van der Waals surface area contributed by atoms with Gasteiger partial charge in [0.05, 0.1) is 18.1 Å². The van der Waals surface area contributed by atoms with Crippen LogP contribution in [-0.4, -0.2) is 81.0 Å². The highest BCUT2D eigenvalue weighted by atomic mass is 79.9. The van der Waals surface area contributed by atoms with E-state index in [0.29, 0.717) is 12.5 Å². The Morgan fingerprint density at radius 2 is 2.00 bits per heavy atom. The van der Waals surface area contributed by atoms with E-state index in [9.17, 15) is 4.79 Å². The molecule has 1 aliphatic carbocycles. The molecule has 0 N–H and O–H groups in total. The molecule has 6 rings (SSSR count). The van der Waals surface area contributed by atoms with E-state index in [2.05, 4.69) is 65.4 Å². The van der Waals surface area contributed by atoms with E-state index in [4.69, 9.17) is 16.6 Å². The molecule has 3 atom stereocenters. The smallest absolute Gasteiger partial charge is 0.241 e. The molecule has 0 saturated carbocycles. The number of likely N-dealkylation sites (N-methyl/N-ethyl adjacent to an activating group) is 1. The quantitative estimate of drug-likeness (QED) is 0.464. The molecule has 37 heavy (non-hydrogen) atoms. The van der Waals surface area contributed by atoms with Gasteiger partial charge in [-0.3, -0.25) is 19.6 Å². The number of hydrogen-bond acceptors (Lipinski definition) is 5. The van der Waals surface area contributed by atoms with Crippen molar-refractivity contribution in [3.8, 4) is 0 Å². The number of aromatic nitrogens is 3. The van der Waals surface area contributed by atoms with Crippen molar-refractivity contribution in [3.63, 3.8) is 0 Å². The van der Waals surface area contributed by atoms with E-state index in [1.165, 1.54) is 16.7 Å². The first-order valence-electron chi connectivity index (χ1n) is 13.1. The molecule has 4 heterocycles. The third kappa shape index (κ3) is 5.09. The predicted molar refractivity (Wildman–Crippen MR) is 148 cm³/mol. The van der Waals surface area contributed by atoms with Crippen molar-refractivity contribution in [1.82, 2.24) is 29.2 Å². The number of nitrogens with zero attached hydrogens (tertiary/aromatic N) is 6. The minimum Gasteiger partial charge on any atom is -0.341 e. The van der Waals surface area contributed by atoms with Gasteiger partial charge < -0.3 is 9.47 Å². The largest absolute Gasteiger partial charge is 0.341 e. The molecule has 2 fully saturated rings. The summed E-state index contributed by atoms with van der Waals surface area (Å²) in [5.41, 5.74) is 4.89. The standard InChI is InChI=1S/C28H32BrClN6O/c1-33-10-11-35(17-25(33)28(37)36-8-6-19(16-36)15-34-9-7-31-18-34)27-24-5-4-23(30)13-20(24)2-3-21-12-22(29)14-32-26(21)27/h4-5,7,9,12-14,18-19,25,27H,2-3,6,8,10-11,15-17H2,1H3/t19-,25+,27?/m0/s1. The van der Waals surface area contributed by atoms with Crippen LogP contribution < -0.4 is 0 Å². The van der Waals surface area contributed by atoms with Crippen LogP contribution in [0.2, 0.25) is 5.02 Å². The van der Waals surface area contributed by atoms with E-state index in [-0.39, 0.29) is 18.0 Å². The van der Waals surface area contributed by atoms with Gasteiger partial charge in [-0.1, -0.05) is 17.7 Å². The maximum atomic E-state index is 13.8. The van der Waals surface area contributed by atoms with Gasteiger partial charge >= 0.3 is 0 Å².